The third-order valence-corrected chi connectivity index (χ3v) is 4.28. The van der Waals surface area contributed by atoms with Gasteiger partial charge in [-0.2, -0.15) is 13.2 Å². The molecule has 1 aliphatic heterocycles. The highest BCUT2D eigenvalue weighted by Crippen LogP contribution is 2.24. The van der Waals surface area contributed by atoms with Crippen LogP contribution in [0, 0.1) is 0 Å². The third-order valence-electron chi connectivity index (χ3n) is 1.84. The summed E-state index contributed by atoms with van der Waals surface area (Å²) in [5.74, 6) is 0. The average molecular weight is 264 g/mol. The molecule has 0 radical (unpaired) electrons. The highest BCUT2D eigenvalue weighted by molar-refractivity contribution is 8.00. The molecular weight excluding hydrogens is 253 g/mol. The molecule has 0 aromatic heterocycles. The summed E-state index contributed by atoms with van der Waals surface area (Å²) >= 11 is 1.41. The van der Waals surface area contributed by atoms with E-state index >= 15 is 0 Å². The number of thioether (sulfide) groups is 1. The summed E-state index contributed by atoms with van der Waals surface area (Å²) < 4.78 is 58.5. The Morgan fingerprint density at radius 3 is 2.53 bits per heavy atom. The maximum absolute atomic E-state index is 11.9. The maximum atomic E-state index is 11.9. The summed E-state index contributed by atoms with van der Waals surface area (Å²) in [6.07, 6.45) is 0. The molecule has 2 atom stereocenters. The van der Waals surface area contributed by atoms with Crippen molar-refractivity contribution in [1.29, 1.82) is 0 Å². The molecule has 4 nitrogen and oxygen atoms in total. The van der Waals surface area contributed by atoms with Crippen LogP contribution in [0.25, 0.3) is 0 Å². The second-order valence-electron chi connectivity index (χ2n) is 3.11. The molecule has 0 aliphatic carbocycles. The van der Waals surface area contributed by atoms with Crippen LogP contribution >= 0.6 is 11.8 Å². The molecule has 1 rings (SSSR count). The second kappa shape index (κ2) is 4.48. The van der Waals surface area contributed by atoms with Gasteiger partial charge in [-0.3, -0.25) is 0 Å². The van der Waals surface area contributed by atoms with Crippen molar-refractivity contribution in [2.24, 2.45) is 0 Å². The summed E-state index contributed by atoms with van der Waals surface area (Å²) in [4.78, 5) is 0. The van der Waals surface area contributed by atoms with Gasteiger partial charge in [0, 0.05) is 18.3 Å². The first-order chi connectivity index (χ1) is 6.72. The standard InChI is InChI=1S/C6H11F3N2O2S2/c1-4-10-2-5(14-4)3-11-15(12,13)6(7,8)9/h4-5,10-11H,2-3H2,1H3/t4-,5+/m0/s1. The molecular formula is C6H11F3N2O2S2. The minimum absolute atomic E-state index is 0.144. The van der Waals surface area contributed by atoms with Gasteiger partial charge in [0.25, 0.3) is 0 Å². The molecule has 0 aromatic rings. The van der Waals surface area contributed by atoms with Gasteiger partial charge in [-0.1, -0.05) is 0 Å². The number of rotatable bonds is 3. The van der Waals surface area contributed by atoms with Gasteiger partial charge in [-0.05, 0) is 6.92 Å². The fourth-order valence-electron chi connectivity index (χ4n) is 1.09. The fourth-order valence-corrected chi connectivity index (χ4v) is 2.92. The van der Waals surface area contributed by atoms with Crippen LogP contribution in [0.2, 0.25) is 0 Å². The largest absolute Gasteiger partial charge is 0.511 e. The second-order valence-corrected chi connectivity index (χ2v) is 6.51. The Morgan fingerprint density at radius 2 is 2.13 bits per heavy atom. The van der Waals surface area contributed by atoms with Crippen molar-refractivity contribution in [3.8, 4) is 0 Å². The van der Waals surface area contributed by atoms with Crippen molar-refractivity contribution >= 4 is 21.8 Å². The summed E-state index contributed by atoms with van der Waals surface area (Å²) in [6.45, 7) is 2.17. The van der Waals surface area contributed by atoms with E-state index in [-0.39, 0.29) is 17.2 Å². The SMILES string of the molecule is C[C@H]1NC[C@H](CNS(=O)(=O)C(F)(F)F)S1. The van der Waals surface area contributed by atoms with Crippen molar-refractivity contribution in [1.82, 2.24) is 10.0 Å². The topological polar surface area (TPSA) is 58.2 Å². The maximum Gasteiger partial charge on any atom is 0.511 e. The van der Waals surface area contributed by atoms with E-state index in [1.54, 1.807) is 4.72 Å². The van der Waals surface area contributed by atoms with Gasteiger partial charge < -0.3 is 5.32 Å². The van der Waals surface area contributed by atoms with Gasteiger partial charge in [0.15, 0.2) is 0 Å². The molecule has 15 heavy (non-hydrogen) atoms. The van der Waals surface area contributed by atoms with Gasteiger partial charge in [0.05, 0.1) is 5.37 Å². The Balaban J connectivity index is 2.44. The zero-order valence-corrected chi connectivity index (χ0v) is 9.47. The summed E-state index contributed by atoms with van der Waals surface area (Å²) in [5.41, 5.74) is -5.23. The molecule has 2 N–H and O–H groups in total. The molecule has 0 spiro atoms. The quantitative estimate of drug-likeness (QED) is 0.778. The van der Waals surface area contributed by atoms with E-state index in [1.807, 2.05) is 6.92 Å². The van der Waals surface area contributed by atoms with E-state index in [9.17, 15) is 21.6 Å². The van der Waals surface area contributed by atoms with Crippen LogP contribution in [0.15, 0.2) is 0 Å². The van der Waals surface area contributed by atoms with Crippen LogP contribution in [-0.2, 0) is 10.0 Å². The lowest BCUT2D eigenvalue weighted by Gasteiger charge is -2.12. The van der Waals surface area contributed by atoms with Crippen LogP contribution in [0.4, 0.5) is 13.2 Å². The summed E-state index contributed by atoms with van der Waals surface area (Å²) in [6, 6.07) is 0. The first kappa shape index (κ1) is 13.1. The third kappa shape index (κ3) is 3.51. The molecule has 0 unspecified atom stereocenters. The molecule has 0 amide bonds. The highest BCUT2D eigenvalue weighted by Gasteiger charge is 2.45. The van der Waals surface area contributed by atoms with Gasteiger partial charge in [0.1, 0.15) is 0 Å². The molecule has 0 saturated carbocycles. The molecule has 0 aromatic carbocycles. The zero-order valence-electron chi connectivity index (χ0n) is 7.84. The number of nitrogens with one attached hydrogen (secondary N) is 2. The van der Waals surface area contributed by atoms with Crippen molar-refractivity contribution in [2.75, 3.05) is 13.1 Å². The molecule has 9 heteroatoms. The van der Waals surface area contributed by atoms with Crippen LogP contribution in [0.3, 0.4) is 0 Å². The van der Waals surface area contributed by atoms with Crippen molar-refractivity contribution < 1.29 is 21.6 Å². The minimum atomic E-state index is -5.23. The Labute approximate surface area is 90.0 Å². The molecule has 90 valence electrons. The van der Waals surface area contributed by atoms with Crippen LogP contribution < -0.4 is 10.0 Å². The lowest BCUT2D eigenvalue weighted by Crippen LogP contribution is -2.40. The van der Waals surface area contributed by atoms with E-state index in [0.29, 0.717) is 6.54 Å². The molecule has 1 saturated heterocycles. The smallest absolute Gasteiger partial charge is 0.304 e. The molecule has 1 fully saturated rings. The summed E-state index contributed by atoms with van der Waals surface area (Å²) in [7, 11) is -5.19. The van der Waals surface area contributed by atoms with E-state index in [1.165, 1.54) is 11.8 Å². The van der Waals surface area contributed by atoms with Gasteiger partial charge >= 0.3 is 15.5 Å². The zero-order chi connectivity index (χ0) is 11.7. The monoisotopic (exact) mass is 264 g/mol. The predicted molar refractivity (Wildman–Crippen MR) is 51.8 cm³/mol. The predicted octanol–water partition coefficient (Wildman–Crippen LogP) is 0.477. The number of sulfonamides is 1. The van der Waals surface area contributed by atoms with E-state index in [0.717, 1.165) is 0 Å². The van der Waals surface area contributed by atoms with Gasteiger partial charge in [-0.25, -0.2) is 13.1 Å². The van der Waals surface area contributed by atoms with Crippen LogP contribution in [0.1, 0.15) is 6.92 Å². The Hall–Kier alpha value is 0.01000. The van der Waals surface area contributed by atoms with Crippen LogP contribution in [-0.4, -0.2) is 37.6 Å². The minimum Gasteiger partial charge on any atom is -0.304 e. The number of halogens is 3. The molecule has 1 aliphatic rings. The normalized spacial score (nSPS) is 28.3. The fraction of sp³-hybridized carbons (Fsp3) is 1.00. The molecule has 0 bridgehead atoms. The summed E-state index contributed by atoms with van der Waals surface area (Å²) in [5, 5.41) is 2.98. The van der Waals surface area contributed by atoms with E-state index in [4.69, 9.17) is 0 Å². The van der Waals surface area contributed by atoms with E-state index < -0.39 is 15.5 Å². The average Bonchev–Trinajstić information content (AvgIpc) is 2.46. The van der Waals surface area contributed by atoms with Crippen LogP contribution in [0.5, 0.6) is 0 Å². The highest BCUT2D eigenvalue weighted by atomic mass is 32.2. The Bertz CT molecular complexity index is 317. The van der Waals surface area contributed by atoms with Crippen molar-refractivity contribution in [2.45, 2.75) is 23.1 Å². The molecule has 1 heterocycles. The van der Waals surface area contributed by atoms with Gasteiger partial charge in [0.2, 0.25) is 0 Å². The Morgan fingerprint density at radius 1 is 1.53 bits per heavy atom. The number of hydrogen-bond acceptors (Lipinski definition) is 4. The lowest BCUT2D eigenvalue weighted by atomic mass is 10.4. The Kier molecular flexibility index (Phi) is 3.90. The van der Waals surface area contributed by atoms with Gasteiger partial charge in [-0.15, -0.1) is 11.8 Å². The first-order valence-electron chi connectivity index (χ1n) is 4.17. The lowest BCUT2D eigenvalue weighted by molar-refractivity contribution is -0.0447. The number of hydrogen-bond donors (Lipinski definition) is 2. The number of alkyl halides is 3. The van der Waals surface area contributed by atoms with Crippen molar-refractivity contribution in [3.63, 3.8) is 0 Å². The van der Waals surface area contributed by atoms with Crippen molar-refractivity contribution in [3.05, 3.63) is 0 Å². The van der Waals surface area contributed by atoms with E-state index in [2.05, 4.69) is 5.32 Å². The first-order valence-corrected chi connectivity index (χ1v) is 6.60.